The molecule has 0 radical (unpaired) electrons. The van der Waals surface area contributed by atoms with E-state index in [2.05, 4.69) is 20.1 Å². The van der Waals surface area contributed by atoms with Crippen LogP contribution in [-0.2, 0) is 12.4 Å². The van der Waals surface area contributed by atoms with Gasteiger partial charge in [-0.3, -0.25) is 0 Å². The molecule has 0 heterocycles. The number of rotatable bonds is 9. The van der Waals surface area contributed by atoms with Gasteiger partial charge in [0, 0.05) is 21.2 Å². The van der Waals surface area contributed by atoms with E-state index >= 15 is 0 Å². The van der Waals surface area contributed by atoms with Crippen LogP contribution in [0.15, 0.2) is 144 Å². The van der Waals surface area contributed by atoms with Crippen LogP contribution in [0.4, 0.5) is 37.7 Å². The number of benzene rings is 6. The molecule has 0 atom stereocenters. The molecule has 0 bridgehead atoms. The van der Waals surface area contributed by atoms with Gasteiger partial charge in [0.1, 0.15) is 23.0 Å². The number of ether oxygens (including phenoxy) is 2. The third kappa shape index (κ3) is 8.11. The minimum Gasteiger partial charge on any atom is -0.457 e. The van der Waals surface area contributed by atoms with E-state index in [0.717, 1.165) is 23.3 Å². The highest BCUT2D eigenvalue weighted by molar-refractivity contribution is 5.74. The van der Waals surface area contributed by atoms with Crippen LogP contribution in [0.2, 0.25) is 0 Å². The predicted octanol–water partition coefficient (Wildman–Crippen LogP) is 14.2. The maximum atomic E-state index is 14.1. The number of nitrogens with zero attached hydrogens (tertiary/aromatic N) is 6. The second-order valence-electron chi connectivity index (χ2n) is 11.1. The number of hydrogen-bond acceptors (Lipinski definition) is 4. The normalized spacial score (nSPS) is 11.3. The molecular formula is C38H22F6N6O2. The van der Waals surface area contributed by atoms with E-state index in [9.17, 15) is 26.3 Å². The molecule has 6 aromatic rings. The summed E-state index contributed by atoms with van der Waals surface area (Å²) in [4.78, 5) is 5.32. The number of hydrogen-bond donors (Lipinski definition) is 0. The summed E-state index contributed by atoms with van der Waals surface area (Å²) in [6.45, 7) is 0. The second kappa shape index (κ2) is 14.5. The molecule has 14 heteroatoms. The zero-order valence-electron chi connectivity index (χ0n) is 26.5. The van der Waals surface area contributed by atoms with E-state index in [1.54, 1.807) is 48.5 Å². The van der Waals surface area contributed by atoms with Gasteiger partial charge in [0.2, 0.25) is 0 Å². The maximum absolute atomic E-state index is 14.1. The zero-order chi connectivity index (χ0) is 36.9. The van der Waals surface area contributed by atoms with Gasteiger partial charge in [-0.2, -0.15) is 26.3 Å². The topological polar surface area (TPSA) is 116 Å². The van der Waals surface area contributed by atoms with Crippen LogP contribution in [-0.4, -0.2) is 0 Å². The standard InChI is InChI=1S/C38H22F6N6O2/c39-37(40,41)33-21-27(9-19-35(33)51-31-15-11-29(12-16-31)47-49-45)25-5-1-23(2-6-25)24-3-7-26(8-4-24)28-10-20-36(34(22-28)38(42,43)44)52-32-17-13-30(14-18-32)48-50-46/h1-22H. The fourth-order valence-electron chi connectivity index (χ4n) is 5.27. The fraction of sp³-hybridized carbons (Fsp3) is 0.0526. The highest BCUT2D eigenvalue weighted by atomic mass is 19.4. The molecule has 0 aliphatic carbocycles. The molecule has 0 N–H and O–H groups in total. The Hall–Kier alpha value is -6.88. The Morgan fingerprint density at radius 2 is 0.692 bits per heavy atom. The third-order valence-electron chi connectivity index (χ3n) is 7.79. The van der Waals surface area contributed by atoms with E-state index < -0.39 is 35.0 Å². The third-order valence-corrected chi connectivity index (χ3v) is 7.79. The molecule has 6 aromatic carbocycles. The highest BCUT2D eigenvalue weighted by Gasteiger charge is 2.36. The largest absolute Gasteiger partial charge is 0.457 e. The summed E-state index contributed by atoms with van der Waals surface area (Å²) < 4.78 is 95.4. The van der Waals surface area contributed by atoms with E-state index in [0.29, 0.717) is 22.3 Å². The van der Waals surface area contributed by atoms with Crippen molar-refractivity contribution in [3.05, 3.63) is 165 Å². The van der Waals surface area contributed by atoms with Crippen LogP contribution in [0.25, 0.3) is 54.3 Å². The van der Waals surface area contributed by atoms with Crippen molar-refractivity contribution in [1.82, 2.24) is 0 Å². The van der Waals surface area contributed by atoms with Crippen LogP contribution in [0.1, 0.15) is 11.1 Å². The molecule has 0 saturated heterocycles. The van der Waals surface area contributed by atoms with Crippen molar-refractivity contribution in [2.45, 2.75) is 12.4 Å². The average Bonchev–Trinajstić information content (AvgIpc) is 3.13. The van der Waals surface area contributed by atoms with Crippen molar-refractivity contribution in [2.75, 3.05) is 0 Å². The van der Waals surface area contributed by atoms with Crippen molar-refractivity contribution in [3.8, 4) is 56.4 Å². The molecule has 0 aromatic heterocycles. The summed E-state index contributed by atoms with van der Waals surface area (Å²) in [7, 11) is 0. The Morgan fingerprint density at radius 3 is 0.981 bits per heavy atom. The molecule has 258 valence electrons. The number of halogens is 6. The molecule has 0 saturated carbocycles. The summed E-state index contributed by atoms with van der Waals surface area (Å²) in [5, 5.41) is 6.85. The van der Waals surface area contributed by atoms with Gasteiger partial charge in [-0.1, -0.05) is 70.9 Å². The molecule has 6 rings (SSSR count). The van der Waals surface area contributed by atoms with E-state index in [1.165, 1.54) is 72.8 Å². The van der Waals surface area contributed by atoms with Gasteiger partial charge < -0.3 is 9.47 Å². The van der Waals surface area contributed by atoms with E-state index in [4.69, 9.17) is 20.5 Å². The summed E-state index contributed by atoms with van der Waals surface area (Å²) in [6.07, 6.45) is -9.43. The average molecular weight is 709 g/mol. The molecule has 0 fully saturated rings. The van der Waals surface area contributed by atoms with Crippen molar-refractivity contribution in [2.24, 2.45) is 10.2 Å². The minimum atomic E-state index is -4.71. The fourth-order valence-corrected chi connectivity index (χ4v) is 5.27. The molecule has 0 spiro atoms. The molecule has 0 aliphatic rings. The monoisotopic (exact) mass is 708 g/mol. The van der Waals surface area contributed by atoms with Gasteiger partial charge in [0.05, 0.1) is 11.1 Å². The van der Waals surface area contributed by atoms with Crippen molar-refractivity contribution >= 4 is 11.4 Å². The molecular weight excluding hydrogens is 686 g/mol. The van der Waals surface area contributed by atoms with Gasteiger partial charge in [0.25, 0.3) is 0 Å². The van der Waals surface area contributed by atoms with Crippen LogP contribution >= 0.6 is 0 Å². The Balaban J connectivity index is 1.20. The van der Waals surface area contributed by atoms with Crippen LogP contribution in [0.5, 0.6) is 23.0 Å². The summed E-state index contributed by atoms with van der Waals surface area (Å²) in [5.41, 5.74) is 18.8. The first-order valence-electron chi connectivity index (χ1n) is 15.2. The predicted molar refractivity (Wildman–Crippen MR) is 183 cm³/mol. The van der Waals surface area contributed by atoms with Crippen molar-refractivity contribution in [1.29, 1.82) is 0 Å². The Bertz CT molecular complexity index is 2150. The first-order chi connectivity index (χ1) is 24.9. The van der Waals surface area contributed by atoms with Gasteiger partial charge in [0.15, 0.2) is 0 Å². The van der Waals surface area contributed by atoms with E-state index in [-0.39, 0.29) is 22.9 Å². The van der Waals surface area contributed by atoms with Crippen LogP contribution < -0.4 is 9.47 Å². The van der Waals surface area contributed by atoms with Gasteiger partial charge >= 0.3 is 12.4 Å². The number of azide groups is 2. The van der Waals surface area contributed by atoms with E-state index in [1.807, 2.05) is 0 Å². The van der Waals surface area contributed by atoms with Crippen LogP contribution in [0, 0.1) is 0 Å². The SMILES string of the molecule is [N-]=[N+]=Nc1ccc(Oc2ccc(-c3ccc(-c4ccc(-c5ccc(Oc6ccc(N=[N+]=[N-])cc6)c(C(F)(F)F)c5)cc4)cc3)cc2C(F)(F)F)cc1. The zero-order valence-corrected chi connectivity index (χ0v) is 26.5. The van der Waals surface area contributed by atoms with Crippen molar-refractivity contribution < 1.29 is 35.8 Å². The quantitative estimate of drug-likeness (QED) is 0.0643. The Morgan fingerprint density at radius 1 is 0.404 bits per heavy atom. The lowest BCUT2D eigenvalue weighted by atomic mass is 9.96. The lowest BCUT2D eigenvalue weighted by molar-refractivity contribution is -0.139. The first-order valence-corrected chi connectivity index (χ1v) is 15.2. The number of alkyl halides is 6. The van der Waals surface area contributed by atoms with Gasteiger partial charge in [-0.05, 0) is 117 Å². The minimum absolute atomic E-state index is 0.129. The van der Waals surface area contributed by atoms with Crippen LogP contribution in [0.3, 0.4) is 0 Å². The van der Waals surface area contributed by atoms with Gasteiger partial charge in [-0.25, -0.2) is 0 Å². The molecule has 52 heavy (non-hydrogen) atoms. The lowest BCUT2D eigenvalue weighted by Crippen LogP contribution is -2.07. The van der Waals surface area contributed by atoms with Crippen molar-refractivity contribution in [3.63, 3.8) is 0 Å². The Kier molecular flexibility index (Phi) is 9.77. The Labute approximate surface area is 291 Å². The maximum Gasteiger partial charge on any atom is 0.420 e. The molecule has 8 nitrogen and oxygen atoms in total. The second-order valence-corrected chi connectivity index (χ2v) is 11.1. The summed E-state index contributed by atoms with van der Waals surface area (Å²) in [5.74, 6) is -0.534. The summed E-state index contributed by atoms with van der Waals surface area (Å²) >= 11 is 0. The smallest absolute Gasteiger partial charge is 0.420 e. The summed E-state index contributed by atoms with van der Waals surface area (Å²) in [6, 6.07) is 32.4. The first kappa shape index (κ1) is 35.0. The lowest BCUT2D eigenvalue weighted by Gasteiger charge is -2.16. The highest BCUT2D eigenvalue weighted by Crippen LogP contribution is 2.43. The molecule has 0 amide bonds. The van der Waals surface area contributed by atoms with Gasteiger partial charge in [-0.15, -0.1) is 0 Å². The molecule has 0 aliphatic heterocycles. The molecule has 0 unspecified atom stereocenters.